The molecular weight excluding hydrogens is 1000 g/mol. The second-order valence-corrected chi connectivity index (χ2v) is 33.3. The van der Waals surface area contributed by atoms with Crippen molar-refractivity contribution in [2.24, 2.45) is 50.7 Å². The van der Waals surface area contributed by atoms with Gasteiger partial charge >= 0.3 is 24.2 Å². The van der Waals surface area contributed by atoms with Crippen molar-refractivity contribution in [2.45, 2.75) is 323 Å². The maximum atomic E-state index is 14.7. The molecule has 10 rings (SSSR count). The monoisotopic (exact) mass is 1110 g/mol. The molecule has 0 aliphatic heterocycles. The average Bonchev–Trinajstić information content (AvgIpc) is 3.49. The van der Waals surface area contributed by atoms with Gasteiger partial charge in [0.05, 0.1) is 34.2 Å². The minimum absolute atomic E-state index is 0.0117. The van der Waals surface area contributed by atoms with Gasteiger partial charge in [0.15, 0.2) is 0 Å². The molecule has 14 nitrogen and oxygen atoms in total. The highest BCUT2D eigenvalue weighted by molar-refractivity contribution is 5.78. The minimum Gasteiger partial charge on any atom is -0.458 e. The number of esters is 2. The zero-order valence-corrected chi connectivity index (χ0v) is 52.7. The van der Waals surface area contributed by atoms with Crippen LogP contribution in [0.25, 0.3) is 0 Å². The molecule has 0 spiro atoms. The predicted octanol–water partition coefficient (Wildman–Crippen LogP) is 15.5. The summed E-state index contributed by atoms with van der Waals surface area (Å²) < 4.78 is 64.9. The van der Waals surface area contributed by atoms with Crippen LogP contribution in [0.4, 0.5) is 9.59 Å². The molecule has 8 bridgehead atoms. The van der Waals surface area contributed by atoms with Crippen molar-refractivity contribution in [1.29, 1.82) is 0 Å². The Bertz CT molecular complexity index is 2220. The van der Waals surface area contributed by atoms with Gasteiger partial charge in [-0.15, -0.1) is 0 Å². The van der Waals surface area contributed by atoms with E-state index in [-0.39, 0.29) is 78.2 Å². The van der Waals surface area contributed by atoms with Crippen molar-refractivity contribution in [3.05, 3.63) is 0 Å². The number of rotatable bonds is 20. The molecule has 0 amide bonds. The standard InChI is InChI=1S/C65H108O14/c1-43(2)58(17,33-53(3,4)5)49(66)74-62-31-46-32-63(36-62,78-51(68)76-56(12,13)14)40-65(46,39-62)79-52(69)77-57(15,16)28-44-24-26-48(27-25-44)70-41-72-60-29-45-30-61(35-60,75-50(67)59(18,55(9,10)11)34-54(6,7)8)38-64(45,37-60)73-42-71-47-22-20-19-21-23-47/h43-48H,19-42H2,1-18H3. The van der Waals surface area contributed by atoms with Gasteiger partial charge in [-0.2, -0.15) is 0 Å². The number of ether oxygens (including phenoxy) is 10. The van der Waals surface area contributed by atoms with Crippen LogP contribution in [0, 0.1) is 50.7 Å². The van der Waals surface area contributed by atoms with Crippen LogP contribution >= 0.6 is 0 Å². The summed E-state index contributed by atoms with van der Waals surface area (Å²) in [6, 6.07) is 0. The lowest BCUT2D eigenvalue weighted by atomic mass is 9.61. The maximum Gasteiger partial charge on any atom is 0.509 e. The Morgan fingerprint density at radius 2 is 0.949 bits per heavy atom. The van der Waals surface area contributed by atoms with Gasteiger partial charge in [0.25, 0.3) is 0 Å². The molecule has 0 aromatic carbocycles. The molecule has 0 aromatic heterocycles. The zero-order chi connectivity index (χ0) is 58.3. The molecule has 10 fully saturated rings. The quantitative estimate of drug-likeness (QED) is 0.0643. The number of carbonyl (C=O) groups is 4. The van der Waals surface area contributed by atoms with Gasteiger partial charge in [-0.1, -0.05) is 95.4 Å². The average molecular weight is 1110 g/mol. The molecule has 0 radical (unpaired) electrons. The zero-order valence-electron chi connectivity index (χ0n) is 52.7. The molecule has 14 heteroatoms. The highest BCUT2D eigenvalue weighted by atomic mass is 16.8. The summed E-state index contributed by atoms with van der Waals surface area (Å²) in [5.41, 5.74) is -8.30. The molecular formula is C65H108O14. The van der Waals surface area contributed by atoms with Gasteiger partial charge in [-0.25, -0.2) is 9.59 Å². The van der Waals surface area contributed by atoms with Gasteiger partial charge in [-0.05, 0) is 166 Å². The Labute approximate surface area is 476 Å². The Hall–Kier alpha value is -2.68. The van der Waals surface area contributed by atoms with E-state index in [9.17, 15) is 19.2 Å². The third kappa shape index (κ3) is 13.8. The third-order valence-corrected chi connectivity index (χ3v) is 20.8. The lowest BCUT2D eigenvalue weighted by molar-refractivity contribution is -0.236. The first-order valence-corrected chi connectivity index (χ1v) is 31.0. The first-order valence-electron chi connectivity index (χ1n) is 31.0. The molecule has 10 unspecified atom stereocenters. The lowest BCUT2D eigenvalue weighted by Crippen LogP contribution is -2.55. The first kappa shape index (κ1) is 62.4. The third-order valence-electron chi connectivity index (χ3n) is 20.8. The summed E-state index contributed by atoms with van der Waals surface area (Å²) in [7, 11) is 0. The van der Waals surface area contributed by atoms with Crippen molar-refractivity contribution in [1.82, 2.24) is 0 Å². The van der Waals surface area contributed by atoms with Crippen molar-refractivity contribution in [3.8, 4) is 0 Å². The molecule has 10 atom stereocenters. The Kier molecular flexibility index (Phi) is 16.9. The Balaban J connectivity index is 0.866. The van der Waals surface area contributed by atoms with Gasteiger partial charge in [0, 0.05) is 44.4 Å². The van der Waals surface area contributed by atoms with E-state index in [2.05, 4.69) is 83.1 Å². The summed E-state index contributed by atoms with van der Waals surface area (Å²) >= 11 is 0. The summed E-state index contributed by atoms with van der Waals surface area (Å²) in [4.78, 5) is 56.5. The first-order chi connectivity index (χ1) is 36.2. The van der Waals surface area contributed by atoms with Crippen LogP contribution in [-0.4, -0.2) is 94.9 Å². The Morgan fingerprint density at radius 3 is 1.49 bits per heavy atom. The predicted molar refractivity (Wildman–Crippen MR) is 301 cm³/mol. The maximum absolute atomic E-state index is 14.7. The Morgan fingerprint density at radius 1 is 0.481 bits per heavy atom. The highest BCUT2D eigenvalue weighted by Gasteiger charge is 2.76. The fourth-order valence-corrected chi connectivity index (χ4v) is 17.2. The molecule has 0 heterocycles. The second kappa shape index (κ2) is 21.4. The van der Waals surface area contributed by atoms with Crippen LogP contribution in [0.15, 0.2) is 0 Å². The molecule has 79 heavy (non-hydrogen) atoms. The van der Waals surface area contributed by atoms with Gasteiger partial charge in [0.1, 0.15) is 47.2 Å². The molecule has 0 aromatic rings. The van der Waals surface area contributed by atoms with Crippen molar-refractivity contribution in [3.63, 3.8) is 0 Å². The number of carbonyl (C=O) groups excluding carboxylic acids is 4. The van der Waals surface area contributed by atoms with E-state index in [1.54, 1.807) is 20.8 Å². The SMILES string of the molecule is CC(C)C(C)(CC(C)(C)C)C(=O)OC12CC3CC(OC(=O)OC(C)(C)C)(C1)CC3(OC(=O)OC(C)(C)CC1CCC(OCOC34CC5CC(OC(=O)C(C)(CC(C)(C)C)C(C)(C)C)(C3)CC5(OCOC3CCCCC3)C4)CC1)C2. The van der Waals surface area contributed by atoms with Crippen molar-refractivity contribution >= 4 is 24.2 Å². The normalized spacial score (nSPS) is 36.0. The summed E-state index contributed by atoms with van der Waals surface area (Å²) in [6.07, 6.45) is 15.6. The van der Waals surface area contributed by atoms with Crippen LogP contribution in [-0.2, 0) is 57.0 Å². The van der Waals surface area contributed by atoms with Crippen molar-refractivity contribution in [2.75, 3.05) is 13.6 Å². The summed E-state index contributed by atoms with van der Waals surface area (Å²) in [5.74, 6) is -0.100. The van der Waals surface area contributed by atoms with Crippen LogP contribution in [0.3, 0.4) is 0 Å². The van der Waals surface area contributed by atoms with E-state index in [4.69, 9.17) is 47.4 Å². The largest absolute Gasteiger partial charge is 0.509 e. The van der Waals surface area contributed by atoms with Crippen LogP contribution in [0.2, 0.25) is 0 Å². The minimum atomic E-state index is -1.04. The second-order valence-electron chi connectivity index (χ2n) is 33.3. The molecule has 452 valence electrons. The topological polar surface area (TPSA) is 161 Å². The number of hydrogen-bond donors (Lipinski definition) is 0. The molecule has 0 saturated heterocycles. The number of hydrogen-bond acceptors (Lipinski definition) is 14. The van der Waals surface area contributed by atoms with E-state index in [0.29, 0.717) is 63.7 Å². The molecule has 10 aliphatic carbocycles. The van der Waals surface area contributed by atoms with E-state index in [1.807, 2.05) is 20.8 Å². The van der Waals surface area contributed by atoms with Crippen LogP contribution in [0.5, 0.6) is 0 Å². The fourth-order valence-electron chi connectivity index (χ4n) is 17.2. The lowest BCUT2D eigenvalue weighted by Gasteiger charge is -2.49. The summed E-state index contributed by atoms with van der Waals surface area (Å²) in [6.45, 7) is 37.3. The van der Waals surface area contributed by atoms with Gasteiger partial charge in [-0.3, -0.25) is 9.59 Å². The van der Waals surface area contributed by atoms with Gasteiger partial charge < -0.3 is 47.4 Å². The molecule has 10 saturated carbocycles. The molecule has 0 N–H and O–H groups in total. The van der Waals surface area contributed by atoms with Crippen molar-refractivity contribution < 1.29 is 66.5 Å². The smallest absolute Gasteiger partial charge is 0.458 e. The van der Waals surface area contributed by atoms with Crippen LogP contribution < -0.4 is 0 Å². The molecule has 10 aliphatic rings. The van der Waals surface area contributed by atoms with Gasteiger partial charge in [0.2, 0.25) is 0 Å². The fraction of sp³-hybridized carbons (Fsp3) is 0.938. The van der Waals surface area contributed by atoms with E-state index < -0.39 is 67.9 Å². The highest BCUT2D eigenvalue weighted by Crippen LogP contribution is 2.70. The van der Waals surface area contributed by atoms with E-state index in [0.717, 1.165) is 57.8 Å². The van der Waals surface area contributed by atoms with Crippen LogP contribution in [0.1, 0.15) is 266 Å². The van der Waals surface area contributed by atoms with E-state index >= 15 is 0 Å². The summed E-state index contributed by atoms with van der Waals surface area (Å²) in [5, 5.41) is 0. The van der Waals surface area contributed by atoms with E-state index in [1.165, 1.54) is 19.3 Å².